The molecule has 9 heteroatoms. The van der Waals surface area contributed by atoms with E-state index in [9.17, 15) is 9.59 Å². The maximum Gasteiger partial charge on any atom is 0.348 e. The normalized spacial score (nSPS) is 11.2. The van der Waals surface area contributed by atoms with Crippen molar-refractivity contribution in [3.8, 4) is 0 Å². The van der Waals surface area contributed by atoms with Gasteiger partial charge in [0.05, 0.1) is 18.5 Å². The molecule has 0 atom stereocenters. The second kappa shape index (κ2) is 10.3. The van der Waals surface area contributed by atoms with E-state index in [1.54, 1.807) is 24.5 Å². The van der Waals surface area contributed by atoms with Crippen LogP contribution in [0.3, 0.4) is 0 Å². The number of thiophene rings is 1. The van der Waals surface area contributed by atoms with Crippen LogP contribution < -0.4 is 5.56 Å². The summed E-state index contributed by atoms with van der Waals surface area (Å²) in [7, 11) is 0. The summed E-state index contributed by atoms with van der Waals surface area (Å²) in [5, 5.41) is 2.23. The Bertz CT molecular complexity index is 1400. The molecule has 0 aliphatic carbocycles. The average molecular weight is 519 g/mol. The van der Waals surface area contributed by atoms with Gasteiger partial charge in [-0.25, -0.2) is 9.78 Å². The van der Waals surface area contributed by atoms with Crippen molar-refractivity contribution in [1.29, 1.82) is 0 Å². The fourth-order valence-corrected chi connectivity index (χ4v) is 6.03. The molecule has 0 bridgehead atoms. The van der Waals surface area contributed by atoms with Crippen molar-refractivity contribution in [2.75, 3.05) is 6.61 Å². The van der Waals surface area contributed by atoms with E-state index >= 15 is 0 Å². The van der Waals surface area contributed by atoms with E-state index in [-0.39, 0.29) is 12.2 Å². The molecule has 0 N–H and O–H groups in total. The van der Waals surface area contributed by atoms with Gasteiger partial charge in [0, 0.05) is 15.8 Å². The van der Waals surface area contributed by atoms with Crippen LogP contribution in [0.5, 0.6) is 0 Å². The van der Waals surface area contributed by atoms with Gasteiger partial charge in [-0.2, -0.15) is 0 Å². The van der Waals surface area contributed by atoms with Crippen molar-refractivity contribution in [2.45, 2.75) is 31.3 Å². The molecule has 170 valence electrons. The van der Waals surface area contributed by atoms with Gasteiger partial charge in [-0.3, -0.25) is 9.36 Å². The second-order valence-corrected chi connectivity index (χ2v) is 10.0. The number of fused-ring (bicyclic) bond motifs is 1. The third kappa shape index (κ3) is 5.11. The number of ether oxygens (including phenoxy) is 1. The molecule has 0 aliphatic heterocycles. The molecule has 0 amide bonds. The van der Waals surface area contributed by atoms with Crippen molar-refractivity contribution in [3.63, 3.8) is 0 Å². The van der Waals surface area contributed by atoms with E-state index in [0.29, 0.717) is 48.2 Å². The molecule has 5 nitrogen and oxygen atoms in total. The minimum absolute atomic E-state index is 0.203. The Kier molecular flexibility index (Phi) is 7.44. The molecule has 0 aliphatic rings. The maximum atomic E-state index is 13.6. The number of aromatic nitrogens is 2. The summed E-state index contributed by atoms with van der Waals surface area (Å²) in [6.45, 7) is 4.07. The van der Waals surface area contributed by atoms with E-state index in [1.165, 1.54) is 23.1 Å². The van der Waals surface area contributed by atoms with Crippen LogP contribution in [0.15, 0.2) is 58.5 Å². The Balaban J connectivity index is 1.83. The van der Waals surface area contributed by atoms with Gasteiger partial charge in [0.15, 0.2) is 5.16 Å². The first-order valence-corrected chi connectivity index (χ1v) is 12.8. The minimum atomic E-state index is -0.441. The van der Waals surface area contributed by atoms with Crippen LogP contribution in [0.4, 0.5) is 0 Å². The molecule has 0 fully saturated rings. The molecule has 0 spiro atoms. The van der Waals surface area contributed by atoms with Crippen molar-refractivity contribution in [1.82, 2.24) is 9.55 Å². The van der Waals surface area contributed by atoms with Gasteiger partial charge in [-0.1, -0.05) is 65.3 Å². The molecule has 33 heavy (non-hydrogen) atoms. The van der Waals surface area contributed by atoms with Crippen LogP contribution in [0.1, 0.15) is 33.3 Å². The topological polar surface area (TPSA) is 61.2 Å². The van der Waals surface area contributed by atoms with E-state index in [4.69, 9.17) is 32.9 Å². The number of benzene rings is 2. The molecule has 0 unspecified atom stereocenters. The van der Waals surface area contributed by atoms with E-state index < -0.39 is 5.97 Å². The monoisotopic (exact) mass is 518 g/mol. The highest BCUT2D eigenvalue weighted by Gasteiger charge is 2.23. The number of halogens is 2. The summed E-state index contributed by atoms with van der Waals surface area (Å²) in [6, 6.07) is 15.0. The number of hydrogen-bond donors (Lipinski definition) is 0. The molecular formula is C24H20Cl2N2O3S2. The van der Waals surface area contributed by atoms with Crippen LogP contribution in [-0.2, 0) is 17.0 Å². The number of aryl methyl sites for hydroxylation is 1. The van der Waals surface area contributed by atoms with Gasteiger partial charge < -0.3 is 4.74 Å². The standard InChI is InChI=1S/C24H20Cl2N2O3S2/c1-3-31-23(30)20-14(2)19-21(33-20)27-24(32-13-16-8-4-5-10-18(16)26)28(22(19)29)12-15-7-6-9-17(25)11-15/h4-11H,3,12-13H2,1-2H3. The summed E-state index contributed by atoms with van der Waals surface area (Å²) in [6.07, 6.45) is 0. The number of rotatable bonds is 7. The minimum Gasteiger partial charge on any atom is -0.462 e. The van der Waals surface area contributed by atoms with Crippen molar-refractivity contribution < 1.29 is 9.53 Å². The van der Waals surface area contributed by atoms with E-state index in [1.807, 2.05) is 42.5 Å². The SMILES string of the molecule is CCOC(=O)c1sc2nc(SCc3ccccc3Cl)n(Cc3cccc(Cl)c3)c(=O)c2c1C. The van der Waals surface area contributed by atoms with Gasteiger partial charge >= 0.3 is 5.97 Å². The summed E-state index contributed by atoms with van der Waals surface area (Å²) in [4.78, 5) is 31.8. The van der Waals surface area contributed by atoms with Gasteiger partial charge in [0.1, 0.15) is 9.71 Å². The third-order valence-electron chi connectivity index (χ3n) is 5.02. The predicted octanol–water partition coefficient (Wildman–Crippen LogP) is 6.59. The van der Waals surface area contributed by atoms with Crippen molar-refractivity contribution in [3.05, 3.63) is 90.5 Å². The molecule has 2 aromatic carbocycles. The van der Waals surface area contributed by atoms with Crippen LogP contribution in [0.2, 0.25) is 10.0 Å². The fourth-order valence-electron chi connectivity index (χ4n) is 3.41. The highest BCUT2D eigenvalue weighted by atomic mass is 35.5. The first-order chi connectivity index (χ1) is 15.9. The zero-order valence-corrected chi connectivity index (χ0v) is 21.1. The number of nitrogens with zero attached hydrogens (tertiary/aromatic N) is 2. The molecule has 0 radical (unpaired) electrons. The lowest BCUT2D eigenvalue weighted by atomic mass is 10.2. The highest BCUT2D eigenvalue weighted by molar-refractivity contribution is 7.98. The number of esters is 1. The Labute approximate surface area is 209 Å². The first-order valence-electron chi connectivity index (χ1n) is 10.2. The zero-order valence-electron chi connectivity index (χ0n) is 17.9. The van der Waals surface area contributed by atoms with Crippen molar-refractivity contribution >= 4 is 62.5 Å². The Morgan fingerprint density at radius 3 is 2.70 bits per heavy atom. The fraction of sp³-hybridized carbons (Fsp3) is 0.208. The number of hydrogen-bond acceptors (Lipinski definition) is 6. The maximum absolute atomic E-state index is 13.6. The summed E-state index contributed by atoms with van der Waals surface area (Å²) >= 11 is 15.1. The summed E-state index contributed by atoms with van der Waals surface area (Å²) in [5.74, 6) is 0.103. The molecule has 0 saturated heterocycles. The van der Waals surface area contributed by atoms with Gasteiger partial charge in [0.25, 0.3) is 5.56 Å². The average Bonchev–Trinajstić information content (AvgIpc) is 3.12. The molecule has 2 heterocycles. The Hall–Kier alpha value is -2.32. The van der Waals surface area contributed by atoms with Crippen LogP contribution in [0, 0.1) is 6.92 Å². The molecule has 4 rings (SSSR count). The van der Waals surface area contributed by atoms with Gasteiger partial charge in [-0.05, 0) is 48.7 Å². The smallest absolute Gasteiger partial charge is 0.348 e. The van der Waals surface area contributed by atoms with E-state index in [0.717, 1.165) is 11.1 Å². The van der Waals surface area contributed by atoms with E-state index in [2.05, 4.69) is 0 Å². The molecule has 4 aromatic rings. The Morgan fingerprint density at radius 2 is 1.97 bits per heavy atom. The van der Waals surface area contributed by atoms with Crippen LogP contribution in [0.25, 0.3) is 10.2 Å². The second-order valence-electron chi connectivity index (χ2n) is 7.25. The number of thioether (sulfide) groups is 1. The van der Waals surface area contributed by atoms with Gasteiger partial charge in [-0.15, -0.1) is 11.3 Å². The molecular weight excluding hydrogens is 499 g/mol. The third-order valence-corrected chi connectivity index (χ3v) is 7.82. The number of carbonyl (C=O) groups is 1. The summed E-state index contributed by atoms with van der Waals surface area (Å²) in [5.41, 5.74) is 2.21. The molecule has 0 saturated carbocycles. The first kappa shape index (κ1) is 23.8. The van der Waals surface area contributed by atoms with Gasteiger partial charge in [0.2, 0.25) is 0 Å². The zero-order chi connectivity index (χ0) is 23.5. The summed E-state index contributed by atoms with van der Waals surface area (Å²) < 4.78 is 6.80. The predicted molar refractivity (Wildman–Crippen MR) is 136 cm³/mol. The lowest BCUT2D eigenvalue weighted by molar-refractivity contribution is 0.0531. The highest BCUT2D eigenvalue weighted by Crippen LogP contribution is 2.32. The Morgan fingerprint density at radius 1 is 1.18 bits per heavy atom. The lowest BCUT2D eigenvalue weighted by Crippen LogP contribution is -2.24. The van der Waals surface area contributed by atoms with Crippen LogP contribution >= 0.6 is 46.3 Å². The lowest BCUT2D eigenvalue weighted by Gasteiger charge is -2.13. The number of carbonyl (C=O) groups excluding carboxylic acids is 1. The largest absolute Gasteiger partial charge is 0.462 e. The van der Waals surface area contributed by atoms with Crippen molar-refractivity contribution in [2.24, 2.45) is 0 Å². The van der Waals surface area contributed by atoms with Crippen LogP contribution in [-0.4, -0.2) is 22.1 Å². The quantitative estimate of drug-likeness (QED) is 0.157. The molecule has 2 aromatic heterocycles.